The Morgan fingerprint density at radius 1 is 1.22 bits per heavy atom. The molecule has 0 unspecified atom stereocenters. The van der Waals surface area contributed by atoms with Gasteiger partial charge in [-0.2, -0.15) is 0 Å². The molecule has 0 saturated carbocycles. The molecule has 0 saturated heterocycles. The van der Waals surface area contributed by atoms with Gasteiger partial charge in [0.1, 0.15) is 4.90 Å². The molecule has 2 rings (SSSR count). The minimum atomic E-state index is -3.69. The molecule has 1 N–H and O–H groups in total. The van der Waals surface area contributed by atoms with Gasteiger partial charge in [0.2, 0.25) is 0 Å². The fourth-order valence-electron chi connectivity index (χ4n) is 1.29. The Bertz CT molecular complexity index is 676. The number of nitrogens with one attached hydrogen (secondary N) is 1. The van der Waals surface area contributed by atoms with Crippen LogP contribution in [0.25, 0.3) is 0 Å². The molecule has 2 aromatic rings. The molecule has 1 aromatic heterocycles. The normalized spacial score (nSPS) is 11.2. The van der Waals surface area contributed by atoms with Gasteiger partial charge in [-0.25, -0.2) is 8.42 Å². The van der Waals surface area contributed by atoms with Crippen molar-refractivity contribution in [1.29, 1.82) is 0 Å². The third-order valence-electron chi connectivity index (χ3n) is 2.11. The summed E-state index contributed by atoms with van der Waals surface area (Å²) in [6, 6.07) is 8.08. The predicted molar refractivity (Wildman–Crippen MR) is 74.2 cm³/mol. The summed E-state index contributed by atoms with van der Waals surface area (Å²) in [4.78, 5) is 3.88. The van der Waals surface area contributed by atoms with Crippen LogP contribution in [0.4, 0.5) is 5.69 Å². The predicted octanol–water partition coefficient (Wildman–Crippen LogP) is 3.30. The molecule has 0 aliphatic carbocycles. The molecule has 18 heavy (non-hydrogen) atoms. The van der Waals surface area contributed by atoms with Gasteiger partial charge in [-0.3, -0.25) is 9.71 Å². The third kappa shape index (κ3) is 3.01. The number of aromatic nitrogens is 1. The van der Waals surface area contributed by atoms with Crippen LogP contribution in [0.1, 0.15) is 0 Å². The molecule has 0 bridgehead atoms. The average Bonchev–Trinajstić information content (AvgIpc) is 2.32. The quantitative estimate of drug-likeness (QED) is 0.927. The van der Waals surface area contributed by atoms with Crippen molar-refractivity contribution < 1.29 is 8.42 Å². The summed E-state index contributed by atoms with van der Waals surface area (Å²) < 4.78 is 27.1. The van der Waals surface area contributed by atoms with Crippen LogP contribution in [0.15, 0.2) is 52.1 Å². The summed E-state index contributed by atoms with van der Waals surface area (Å²) in [5, 5.41) is 0.337. The molecular weight excluding hydrogens is 340 g/mol. The largest absolute Gasteiger partial charge is 0.278 e. The lowest BCUT2D eigenvalue weighted by Gasteiger charge is -2.09. The number of hydrogen-bond donors (Lipinski definition) is 1. The van der Waals surface area contributed by atoms with Crippen molar-refractivity contribution in [1.82, 2.24) is 4.98 Å². The fourth-order valence-corrected chi connectivity index (χ4v) is 3.11. The summed E-state index contributed by atoms with van der Waals surface area (Å²) in [6.07, 6.45) is 2.78. The first-order chi connectivity index (χ1) is 8.49. The van der Waals surface area contributed by atoms with Gasteiger partial charge in [0.05, 0.1) is 10.7 Å². The smallest absolute Gasteiger partial charge is 0.263 e. The highest BCUT2D eigenvalue weighted by atomic mass is 79.9. The minimum absolute atomic E-state index is 0.0665. The van der Waals surface area contributed by atoms with E-state index in [1.165, 1.54) is 18.5 Å². The van der Waals surface area contributed by atoms with Crippen molar-refractivity contribution in [2.24, 2.45) is 0 Å². The zero-order valence-corrected chi connectivity index (χ0v) is 12.1. The van der Waals surface area contributed by atoms with Crippen LogP contribution in [0.2, 0.25) is 5.02 Å². The molecule has 1 heterocycles. The van der Waals surface area contributed by atoms with Crippen molar-refractivity contribution in [3.05, 3.63) is 52.2 Å². The molecule has 0 aliphatic heterocycles. The lowest BCUT2D eigenvalue weighted by atomic mass is 10.3. The van der Waals surface area contributed by atoms with Crippen molar-refractivity contribution in [3.8, 4) is 0 Å². The molecule has 0 radical (unpaired) electrons. The van der Waals surface area contributed by atoms with Crippen molar-refractivity contribution >= 4 is 43.2 Å². The monoisotopic (exact) mass is 346 g/mol. The number of sulfonamides is 1. The van der Waals surface area contributed by atoms with Gasteiger partial charge in [0.15, 0.2) is 0 Å². The molecular formula is C11H8BrClN2O2S. The van der Waals surface area contributed by atoms with E-state index in [9.17, 15) is 8.42 Å². The number of anilines is 1. The Morgan fingerprint density at radius 2 is 1.94 bits per heavy atom. The maximum absolute atomic E-state index is 12.1. The van der Waals surface area contributed by atoms with E-state index in [0.717, 1.165) is 0 Å². The number of rotatable bonds is 3. The topological polar surface area (TPSA) is 59.1 Å². The number of para-hydroxylation sites is 1. The molecule has 0 fully saturated rings. The highest BCUT2D eigenvalue weighted by Crippen LogP contribution is 2.24. The van der Waals surface area contributed by atoms with Gasteiger partial charge in [-0.15, -0.1) is 0 Å². The first-order valence-electron chi connectivity index (χ1n) is 4.87. The highest BCUT2D eigenvalue weighted by Gasteiger charge is 2.16. The molecule has 0 atom stereocenters. The van der Waals surface area contributed by atoms with Gasteiger partial charge in [0, 0.05) is 16.9 Å². The standard InChI is InChI=1S/C11H8BrClN2O2S/c12-8-5-9(7-14-6-8)18(16,17)15-11-4-2-1-3-10(11)13/h1-7,15H. The summed E-state index contributed by atoms with van der Waals surface area (Å²) in [5.74, 6) is 0. The van der Waals surface area contributed by atoms with Crippen LogP contribution in [0, 0.1) is 0 Å². The van der Waals surface area contributed by atoms with E-state index < -0.39 is 10.0 Å². The van der Waals surface area contributed by atoms with E-state index in [1.54, 1.807) is 24.3 Å². The van der Waals surface area contributed by atoms with Crippen molar-refractivity contribution in [3.63, 3.8) is 0 Å². The number of benzene rings is 1. The lowest BCUT2D eigenvalue weighted by molar-refractivity contribution is 0.600. The second kappa shape index (κ2) is 5.26. The first kappa shape index (κ1) is 13.3. The number of pyridine rings is 1. The zero-order chi connectivity index (χ0) is 13.2. The first-order valence-corrected chi connectivity index (χ1v) is 7.52. The maximum atomic E-state index is 12.1. The summed E-state index contributed by atoms with van der Waals surface area (Å²) >= 11 is 9.07. The van der Waals surface area contributed by atoms with Crippen LogP contribution in [0.3, 0.4) is 0 Å². The zero-order valence-electron chi connectivity index (χ0n) is 8.97. The van der Waals surface area contributed by atoms with E-state index >= 15 is 0 Å². The van der Waals surface area contributed by atoms with Gasteiger partial charge < -0.3 is 0 Å². The average molecular weight is 348 g/mol. The molecule has 0 spiro atoms. The Labute approximate surface area is 118 Å². The van der Waals surface area contributed by atoms with E-state index in [1.807, 2.05) is 0 Å². The van der Waals surface area contributed by atoms with E-state index in [-0.39, 0.29) is 4.90 Å². The molecule has 94 valence electrons. The second-order valence-corrected chi connectivity index (χ2v) is 6.43. The van der Waals surface area contributed by atoms with Crippen molar-refractivity contribution in [2.45, 2.75) is 4.90 Å². The molecule has 4 nitrogen and oxygen atoms in total. The fraction of sp³-hybridized carbons (Fsp3) is 0. The van der Waals surface area contributed by atoms with Gasteiger partial charge in [-0.1, -0.05) is 23.7 Å². The Hall–Kier alpha value is -1.11. The molecule has 0 aliphatic rings. The molecule has 7 heteroatoms. The Kier molecular flexibility index (Phi) is 3.89. The van der Waals surface area contributed by atoms with Crippen LogP contribution < -0.4 is 4.72 Å². The Balaban J connectivity index is 2.37. The molecule has 1 aromatic carbocycles. The number of nitrogens with zero attached hydrogens (tertiary/aromatic N) is 1. The molecule has 0 amide bonds. The van der Waals surface area contributed by atoms with Gasteiger partial charge in [0.25, 0.3) is 10.0 Å². The number of halogens is 2. The number of hydrogen-bond acceptors (Lipinski definition) is 3. The van der Waals surface area contributed by atoms with E-state index in [4.69, 9.17) is 11.6 Å². The second-order valence-electron chi connectivity index (χ2n) is 3.42. The van der Waals surface area contributed by atoms with Crippen LogP contribution in [-0.4, -0.2) is 13.4 Å². The van der Waals surface area contributed by atoms with E-state index in [0.29, 0.717) is 15.2 Å². The van der Waals surface area contributed by atoms with Crippen LogP contribution in [-0.2, 0) is 10.0 Å². The highest BCUT2D eigenvalue weighted by molar-refractivity contribution is 9.10. The van der Waals surface area contributed by atoms with E-state index in [2.05, 4.69) is 25.6 Å². The van der Waals surface area contributed by atoms with Crippen LogP contribution in [0.5, 0.6) is 0 Å². The van der Waals surface area contributed by atoms with Crippen LogP contribution >= 0.6 is 27.5 Å². The van der Waals surface area contributed by atoms with Crippen molar-refractivity contribution in [2.75, 3.05) is 4.72 Å². The summed E-state index contributed by atoms with van der Waals surface area (Å²) in [5.41, 5.74) is 0.333. The Morgan fingerprint density at radius 3 is 2.61 bits per heavy atom. The van der Waals surface area contributed by atoms with Gasteiger partial charge >= 0.3 is 0 Å². The summed E-state index contributed by atoms with van der Waals surface area (Å²) in [7, 11) is -3.69. The van der Waals surface area contributed by atoms with Gasteiger partial charge in [-0.05, 0) is 34.1 Å². The summed E-state index contributed by atoms with van der Waals surface area (Å²) in [6.45, 7) is 0. The minimum Gasteiger partial charge on any atom is -0.278 e. The SMILES string of the molecule is O=S(=O)(Nc1ccccc1Cl)c1cncc(Br)c1. The maximum Gasteiger partial charge on any atom is 0.263 e. The third-order valence-corrected chi connectivity index (χ3v) is 4.20. The lowest BCUT2D eigenvalue weighted by Crippen LogP contribution is -2.13.